The van der Waals surface area contributed by atoms with Crippen LogP contribution in [-0.4, -0.2) is 19.1 Å². The summed E-state index contributed by atoms with van der Waals surface area (Å²) in [6.07, 6.45) is 0. The van der Waals surface area contributed by atoms with Gasteiger partial charge in [-0.1, -0.05) is 28.1 Å². The Balaban J connectivity index is 1.82. The van der Waals surface area contributed by atoms with Gasteiger partial charge in [0.15, 0.2) is 0 Å². The van der Waals surface area contributed by atoms with Crippen molar-refractivity contribution in [2.45, 2.75) is 6.92 Å². The van der Waals surface area contributed by atoms with Crippen LogP contribution in [0.25, 0.3) is 0 Å². The molecule has 0 spiro atoms. The van der Waals surface area contributed by atoms with Crippen LogP contribution in [-0.2, 0) is 0 Å². The molecule has 2 aromatic carbocycles. The number of nitrogens with one attached hydrogen (secondary N) is 1. The zero-order chi connectivity index (χ0) is 15.2. The van der Waals surface area contributed by atoms with E-state index in [2.05, 4.69) is 37.2 Å². The molecule has 21 heavy (non-hydrogen) atoms. The Morgan fingerprint density at radius 1 is 1.19 bits per heavy atom. The number of rotatable bonds is 5. The van der Waals surface area contributed by atoms with Gasteiger partial charge in [0.1, 0.15) is 12.4 Å². The first-order valence-electron chi connectivity index (χ1n) is 6.49. The molecule has 0 saturated carbocycles. The van der Waals surface area contributed by atoms with Gasteiger partial charge in [-0.25, -0.2) is 0 Å². The minimum absolute atomic E-state index is 0.123. The average Bonchev–Trinajstić information content (AvgIpc) is 2.43. The third-order valence-corrected chi connectivity index (χ3v) is 3.97. The van der Waals surface area contributed by atoms with Crippen LogP contribution in [0.4, 0.5) is 0 Å². The number of benzene rings is 2. The lowest BCUT2D eigenvalue weighted by atomic mass is 10.2. The fourth-order valence-corrected chi connectivity index (χ4v) is 3.03. The van der Waals surface area contributed by atoms with E-state index < -0.39 is 0 Å². The van der Waals surface area contributed by atoms with Gasteiger partial charge < -0.3 is 10.1 Å². The van der Waals surface area contributed by atoms with Crippen LogP contribution in [0.5, 0.6) is 5.75 Å². The minimum atomic E-state index is -0.123. The van der Waals surface area contributed by atoms with Gasteiger partial charge in [0, 0.05) is 8.95 Å². The first kappa shape index (κ1) is 16.0. The smallest absolute Gasteiger partial charge is 0.252 e. The highest BCUT2D eigenvalue weighted by atomic mass is 79.9. The molecule has 0 fully saturated rings. The van der Waals surface area contributed by atoms with Crippen molar-refractivity contribution in [2.24, 2.45) is 0 Å². The summed E-state index contributed by atoms with van der Waals surface area (Å²) in [5, 5.41) is 2.83. The third kappa shape index (κ3) is 4.86. The molecule has 1 N–H and O–H groups in total. The molecular weight excluding hydrogens is 398 g/mol. The predicted octanol–water partition coefficient (Wildman–Crippen LogP) is 4.33. The van der Waals surface area contributed by atoms with Gasteiger partial charge in [0.2, 0.25) is 0 Å². The summed E-state index contributed by atoms with van der Waals surface area (Å²) in [6, 6.07) is 13.3. The van der Waals surface area contributed by atoms with Crippen LogP contribution >= 0.6 is 31.9 Å². The lowest BCUT2D eigenvalue weighted by Gasteiger charge is -2.09. The van der Waals surface area contributed by atoms with E-state index in [9.17, 15) is 4.79 Å². The quantitative estimate of drug-likeness (QED) is 0.742. The maximum absolute atomic E-state index is 12.0. The van der Waals surface area contributed by atoms with Crippen LogP contribution < -0.4 is 10.1 Å². The fourth-order valence-electron chi connectivity index (χ4n) is 1.81. The molecule has 3 nitrogen and oxygen atoms in total. The molecule has 110 valence electrons. The molecule has 0 aliphatic rings. The fraction of sp³-hybridized carbons (Fsp3) is 0.188. The van der Waals surface area contributed by atoms with E-state index in [4.69, 9.17) is 4.74 Å². The first-order valence-corrected chi connectivity index (χ1v) is 8.07. The van der Waals surface area contributed by atoms with Crippen LogP contribution in [0, 0.1) is 6.92 Å². The number of amides is 1. The van der Waals surface area contributed by atoms with Crippen molar-refractivity contribution in [3.63, 3.8) is 0 Å². The lowest BCUT2D eigenvalue weighted by Crippen LogP contribution is -2.28. The molecule has 0 saturated heterocycles. The summed E-state index contributed by atoms with van der Waals surface area (Å²) in [5.74, 6) is 0.691. The van der Waals surface area contributed by atoms with E-state index in [1.807, 2.05) is 43.3 Å². The predicted molar refractivity (Wildman–Crippen MR) is 90.8 cm³/mol. The van der Waals surface area contributed by atoms with Crippen LogP contribution in [0.2, 0.25) is 0 Å². The molecule has 2 rings (SSSR count). The van der Waals surface area contributed by atoms with Crippen LogP contribution in [0.15, 0.2) is 51.4 Å². The van der Waals surface area contributed by atoms with Crippen LogP contribution in [0.1, 0.15) is 15.9 Å². The zero-order valence-corrected chi connectivity index (χ0v) is 14.7. The molecule has 0 heterocycles. The molecule has 5 heteroatoms. The Labute approximate surface area is 141 Å². The van der Waals surface area contributed by atoms with E-state index in [-0.39, 0.29) is 5.91 Å². The number of hydrogen-bond donors (Lipinski definition) is 1. The summed E-state index contributed by atoms with van der Waals surface area (Å²) < 4.78 is 7.27. The molecule has 0 aliphatic heterocycles. The van der Waals surface area contributed by atoms with Crippen molar-refractivity contribution in [3.05, 3.63) is 62.5 Å². The number of aryl methyl sites for hydroxylation is 1. The van der Waals surface area contributed by atoms with Crippen molar-refractivity contribution in [3.8, 4) is 5.75 Å². The Morgan fingerprint density at radius 2 is 2.00 bits per heavy atom. The van der Waals surface area contributed by atoms with Crippen LogP contribution in [0.3, 0.4) is 0 Å². The molecule has 1 amide bonds. The highest BCUT2D eigenvalue weighted by Crippen LogP contribution is 2.21. The minimum Gasteiger partial charge on any atom is -0.492 e. The van der Waals surface area contributed by atoms with Gasteiger partial charge in [-0.05, 0) is 58.7 Å². The van der Waals surface area contributed by atoms with Crippen molar-refractivity contribution in [1.29, 1.82) is 0 Å². The molecular formula is C16H15Br2NO2. The Hall–Kier alpha value is -1.33. The summed E-state index contributed by atoms with van der Waals surface area (Å²) in [6.45, 7) is 2.90. The number of carbonyl (C=O) groups excluding carboxylic acids is 1. The van der Waals surface area contributed by atoms with Crippen molar-refractivity contribution in [2.75, 3.05) is 13.2 Å². The second-order valence-corrected chi connectivity index (χ2v) is 6.32. The van der Waals surface area contributed by atoms with Crippen molar-refractivity contribution < 1.29 is 9.53 Å². The average molecular weight is 413 g/mol. The zero-order valence-electron chi connectivity index (χ0n) is 11.5. The van der Waals surface area contributed by atoms with E-state index in [1.165, 1.54) is 0 Å². The van der Waals surface area contributed by atoms with Gasteiger partial charge in [-0.3, -0.25) is 4.79 Å². The molecule has 0 aliphatic carbocycles. The van der Waals surface area contributed by atoms with Gasteiger partial charge in [0.25, 0.3) is 5.91 Å². The number of carbonyl (C=O) groups is 1. The highest BCUT2D eigenvalue weighted by molar-refractivity contribution is 9.11. The standard InChI is InChI=1S/C16H15Br2NO2/c1-11-3-2-4-13(9-11)21-8-7-19-16(20)14-6-5-12(17)10-15(14)18/h2-6,9-10H,7-8H2,1H3,(H,19,20). The Bertz CT molecular complexity index is 644. The maximum atomic E-state index is 12.0. The molecule has 0 bridgehead atoms. The normalized spacial score (nSPS) is 10.2. The second-order valence-electron chi connectivity index (χ2n) is 4.55. The Kier molecular flexibility index (Phi) is 5.82. The number of hydrogen-bond acceptors (Lipinski definition) is 2. The van der Waals surface area contributed by atoms with E-state index in [1.54, 1.807) is 6.07 Å². The monoisotopic (exact) mass is 411 g/mol. The summed E-state index contributed by atoms with van der Waals surface area (Å²) in [5.41, 5.74) is 1.75. The highest BCUT2D eigenvalue weighted by Gasteiger charge is 2.09. The first-order chi connectivity index (χ1) is 10.1. The SMILES string of the molecule is Cc1cccc(OCCNC(=O)c2ccc(Br)cc2Br)c1. The van der Waals surface area contributed by atoms with E-state index in [0.29, 0.717) is 18.7 Å². The summed E-state index contributed by atoms with van der Waals surface area (Å²) in [7, 11) is 0. The van der Waals surface area contributed by atoms with Gasteiger partial charge in [-0.2, -0.15) is 0 Å². The number of halogens is 2. The summed E-state index contributed by atoms with van der Waals surface area (Å²) in [4.78, 5) is 12.0. The molecule has 0 radical (unpaired) electrons. The largest absolute Gasteiger partial charge is 0.492 e. The van der Waals surface area contributed by atoms with E-state index in [0.717, 1.165) is 20.3 Å². The van der Waals surface area contributed by atoms with Gasteiger partial charge in [-0.15, -0.1) is 0 Å². The maximum Gasteiger partial charge on any atom is 0.252 e. The van der Waals surface area contributed by atoms with E-state index >= 15 is 0 Å². The topological polar surface area (TPSA) is 38.3 Å². The molecule has 2 aromatic rings. The number of ether oxygens (including phenoxy) is 1. The lowest BCUT2D eigenvalue weighted by molar-refractivity contribution is 0.0946. The van der Waals surface area contributed by atoms with Crippen molar-refractivity contribution in [1.82, 2.24) is 5.32 Å². The van der Waals surface area contributed by atoms with Crippen molar-refractivity contribution >= 4 is 37.8 Å². The molecule has 0 aromatic heterocycles. The molecule has 0 unspecified atom stereocenters. The Morgan fingerprint density at radius 3 is 2.71 bits per heavy atom. The van der Waals surface area contributed by atoms with Gasteiger partial charge >= 0.3 is 0 Å². The van der Waals surface area contributed by atoms with Gasteiger partial charge in [0.05, 0.1) is 12.1 Å². The second kappa shape index (κ2) is 7.61. The summed E-state index contributed by atoms with van der Waals surface area (Å²) >= 11 is 6.74. The molecule has 0 atom stereocenters. The third-order valence-electron chi connectivity index (χ3n) is 2.82.